The highest BCUT2D eigenvalue weighted by atomic mass is 19.1. The largest absolute Gasteiger partial charge is 0.491 e. The number of nitrogen functional groups attached to an aromatic ring is 1. The van der Waals surface area contributed by atoms with E-state index in [0.717, 1.165) is 37.6 Å². The molecule has 5 N–H and O–H groups in total. The van der Waals surface area contributed by atoms with Crippen molar-refractivity contribution in [3.63, 3.8) is 0 Å². The number of amides is 1. The number of rotatable bonds is 7. The second-order valence-electron chi connectivity index (χ2n) is 8.53. The lowest BCUT2D eigenvalue weighted by Crippen LogP contribution is -2.43. The fraction of sp³-hybridized carbons (Fsp3) is 0.320. The quantitative estimate of drug-likeness (QED) is 0.447. The van der Waals surface area contributed by atoms with Gasteiger partial charge >= 0.3 is 0 Å². The molecule has 1 aliphatic rings. The van der Waals surface area contributed by atoms with E-state index in [1.54, 1.807) is 12.3 Å². The third kappa shape index (κ3) is 5.20. The Hall–Kier alpha value is -3.86. The number of carbonyl (C=O) groups is 1. The van der Waals surface area contributed by atoms with Gasteiger partial charge in [0, 0.05) is 31.4 Å². The molecule has 1 unspecified atom stereocenters. The van der Waals surface area contributed by atoms with E-state index < -0.39 is 40.3 Å². The fourth-order valence-corrected chi connectivity index (χ4v) is 4.10. The Morgan fingerprint density at radius 1 is 1.25 bits per heavy atom. The van der Waals surface area contributed by atoms with E-state index in [0.29, 0.717) is 24.3 Å². The fourth-order valence-electron chi connectivity index (χ4n) is 4.10. The first-order valence-electron chi connectivity index (χ1n) is 11.6. The van der Waals surface area contributed by atoms with Crippen LogP contribution in [-0.4, -0.2) is 41.6 Å². The minimum atomic E-state index is -1.12. The Bertz CT molecular complexity index is 1270. The van der Waals surface area contributed by atoms with Gasteiger partial charge in [0.05, 0.1) is 35.4 Å². The van der Waals surface area contributed by atoms with Gasteiger partial charge in [-0.05, 0) is 37.5 Å². The van der Waals surface area contributed by atoms with E-state index in [-0.39, 0.29) is 24.1 Å². The molecule has 11 heteroatoms. The molecule has 1 fully saturated rings. The van der Waals surface area contributed by atoms with Crippen LogP contribution in [0.2, 0.25) is 0 Å². The van der Waals surface area contributed by atoms with Crippen LogP contribution in [0.1, 0.15) is 36.7 Å². The molecule has 1 saturated heterocycles. The highest BCUT2D eigenvalue weighted by Crippen LogP contribution is 2.34. The average Bonchev–Trinajstić information content (AvgIpc) is 2.85. The van der Waals surface area contributed by atoms with E-state index in [4.69, 9.17) is 16.2 Å². The van der Waals surface area contributed by atoms with Crippen LogP contribution in [0.15, 0.2) is 36.7 Å². The molecule has 3 heterocycles. The van der Waals surface area contributed by atoms with E-state index in [9.17, 15) is 13.6 Å². The molecule has 0 saturated carbocycles. The first-order chi connectivity index (χ1) is 17.3. The summed E-state index contributed by atoms with van der Waals surface area (Å²) in [6, 6.07) is 4.61. The van der Waals surface area contributed by atoms with Gasteiger partial charge in [-0.25, -0.2) is 18.2 Å². The summed E-state index contributed by atoms with van der Waals surface area (Å²) in [7, 11) is 0. The van der Waals surface area contributed by atoms with Crippen LogP contribution in [0.4, 0.5) is 30.2 Å². The molecular weight excluding hydrogens is 473 g/mol. The maximum Gasteiger partial charge on any atom is 0.276 e. The number of carbonyl (C=O) groups excluding carboxylic acids is 1. The SMILES string of the molecule is CCCOc1ccc(F)c(-c2nc(C(=O)Nc3cnccc3N3CCCC(N)C3)c(N)cc2F)c1F. The van der Waals surface area contributed by atoms with E-state index in [1.165, 1.54) is 6.20 Å². The molecule has 3 aromatic rings. The summed E-state index contributed by atoms with van der Waals surface area (Å²) in [6.07, 6.45) is 5.43. The smallest absolute Gasteiger partial charge is 0.276 e. The number of hydrogen-bond donors (Lipinski definition) is 3. The van der Waals surface area contributed by atoms with Crippen molar-refractivity contribution in [1.29, 1.82) is 0 Å². The van der Waals surface area contributed by atoms with Gasteiger partial charge < -0.3 is 26.4 Å². The zero-order valence-electron chi connectivity index (χ0n) is 19.7. The molecule has 190 valence electrons. The molecule has 1 aliphatic heterocycles. The maximum atomic E-state index is 15.1. The molecule has 0 spiro atoms. The molecule has 1 amide bonds. The summed E-state index contributed by atoms with van der Waals surface area (Å²) in [6.45, 7) is 3.35. The summed E-state index contributed by atoms with van der Waals surface area (Å²) < 4.78 is 49.8. The number of anilines is 3. The number of aromatic nitrogens is 2. The van der Waals surface area contributed by atoms with Crippen molar-refractivity contribution in [3.8, 4) is 17.0 Å². The Labute approximate surface area is 206 Å². The minimum absolute atomic E-state index is 0.00528. The van der Waals surface area contributed by atoms with E-state index in [1.807, 2.05) is 11.8 Å². The van der Waals surface area contributed by atoms with Crippen molar-refractivity contribution in [2.24, 2.45) is 5.73 Å². The topological polar surface area (TPSA) is 119 Å². The lowest BCUT2D eigenvalue weighted by molar-refractivity contribution is 0.102. The van der Waals surface area contributed by atoms with Crippen LogP contribution in [0, 0.1) is 17.5 Å². The van der Waals surface area contributed by atoms with Gasteiger partial charge in [0.25, 0.3) is 5.91 Å². The molecule has 0 radical (unpaired) electrons. The van der Waals surface area contributed by atoms with Crippen molar-refractivity contribution >= 4 is 23.0 Å². The van der Waals surface area contributed by atoms with Gasteiger partial charge in [0.1, 0.15) is 11.5 Å². The van der Waals surface area contributed by atoms with Crippen molar-refractivity contribution in [3.05, 3.63) is 59.8 Å². The van der Waals surface area contributed by atoms with Crippen molar-refractivity contribution < 1.29 is 22.7 Å². The van der Waals surface area contributed by atoms with E-state index >= 15 is 4.39 Å². The van der Waals surface area contributed by atoms with Gasteiger partial charge in [-0.2, -0.15) is 0 Å². The zero-order valence-corrected chi connectivity index (χ0v) is 19.7. The highest BCUT2D eigenvalue weighted by molar-refractivity contribution is 6.08. The minimum Gasteiger partial charge on any atom is -0.491 e. The Balaban J connectivity index is 1.69. The first-order valence-corrected chi connectivity index (χ1v) is 11.6. The Morgan fingerprint density at radius 3 is 2.81 bits per heavy atom. The molecular formula is C25H27F3N6O2. The summed E-state index contributed by atoms with van der Waals surface area (Å²) in [5.41, 5.74) is 10.9. The van der Waals surface area contributed by atoms with Crippen molar-refractivity contribution in [2.45, 2.75) is 32.2 Å². The molecule has 1 atom stereocenters. The monoisotopic (exact) mass is 500 g/mol. The molecule has 36 heavy (non-hydrogen) atoms. The van der Waals surface area contributed by atoms with E-state index in [2.05, 4.69) is 15.3 Å². The number of nitrogens with one attached hydrogen (secondary N) is 1. The van der Waals surface area contributed by atoms with Gasteiger partial charge in [-0.15, -0.1) is 0 Å². The number of nitrogens with two attached hydrogens (primary N) is 2. The number of hydrogen-bond acceptors (Lipinski definition) is 7. The van der Waals surface area contributed by atoms with Crippen LogP contribution >= 0.6 is 0 Å². The van der Waals surface area contributed by atoms with Crippen LogP contribution in [0.25, 0.3) is 11.3 Å². The lowest BCUT2D eigenvalue weighted by Gasteiger charge is -2.33. The standard InChI is InChI=1S/C25H27F3N6O2/c1-2-10-36-20-6-5-15(26)21(22(20)28)23-16(27)11-17(30)24(33-23)25(35)32-18-12-31-8-7-19(18)34-9-3-4-14(29)13-34/h5-8,11-12,14H,2-4,9-10,13,29-30H2,1H3,(H,32,35). The predicted octanol–water partition coefficient (Wildman–Crippen LogP) is 4.11. The molecule has 8 nitrogen and oxygen atoms in total. The molecule has 0 aliphatic carbocycles. The lowest BCUT2D eigenvalue weighted by atomic mass is 10.1. The number of nitrogens with zero attached hydrogens (tertiary/aromatic N) is 3. The number of benzene rings is 1. The highest BCUT2D eigenvalue weighted by Gasteiger charge is 2.26. The first kappa shape index (κ1) is 25.2. The Morgan fingerprint density at radius 2 is 2.06 bits per heavy atom. The summed E-state index contributed by atoms with van der Waals surface area (Å²) in [5, 5.41) is 2.69. The third-order valence-electron chi connectivity index (χ3n) is 5.82. The van der Waals surface area contributed by atoms with Gasteiger partial charge in [-0.3, -0.25) is 9.78 Å². The molecule has 1 aromatic carbocycles. The molecule has 0 bridgehead atoms. The summed E-state index contributed by atoms with van der Waals surface area (Å²) in [4.78, 5) is 23.2. The number of pyridine rings is 2. The number of ether oxygens (including phenoxy) is 1. The van der Waals surface area contributed by atoms with Crippen LogP contribution in [-0.2, 0) is 0 Å². The van der Waals surface area contributed by atoms with Gasteiger partial charge in [-0.1, -0.05) is 6.92 Å². The Kier molecular flexibility index (Phi) is 7.58. The second-order valence-corrected chi connectivity index (χ2v) is 8.53. The summed E-state index contributed by atoms with van der Waals surface area (Å²) in [5.74, 6) is -4.31. The average molecular weight is 501 g/mol. The van der Waals surface area contributed by atoms with Crippen LogP contribution in [0.5, 0.6) is 5.75 Å². The van der Waals surface area contributed by atoms with Crippen LogP contribution in [0.3, 0.4) is 0 Å². The number of halogens is 3. The number of piperidine rings is 1. The van der Waals surface area contributed by atoms with Crippen LogP contribution < -0.4 is 26.4 Å². The molecule has 4 rings (SSSR count). The maximum absolute atomic E-state index is 15.1. The predicted molar refractivity (Wildman–Crippen MR) is 131 cm³/mol. The second kappa shape index (κ2) is 10.8. The van der Waals surface area contributed by atoms with Crippen molar-refractivity contribution in [2.75, 3.05) is 35.6 Å². The molecule has 2 aromatic heterocycles. The van der Waals surface area contributed by atoms with Gasteiger partial charge in [0.2, 0.25) is 0 Å². The normalized spacial score (nSPS) is 15.6. The van der Waals surface area contributed by atoms with Gasteiger partial charge in [0.15, 0.2) is 23.1 Å². The third-order valence-corrected chi connectivity index (χ3v) is 5.82. The zero-order chi connectivity index (χ0) is 25.8. The van der Waals surface area contributed by atoms with Crippen molar-refractivity contribution in [1.82, 2.24) is 9.97 Å². The summed E-state index contributed by atoms with van der Waals surface area (Å²) >= 11 is 0.